The number of benzene rings is 1. The molecule has 1 aromatic rings. The minimum atomic E-state index is -3.51. The molecule has 1 atom stereocenters. The lowest BCUT2D eigenvalue weighted by Crippen LogP contribution is -2.36. The largest absolute Gasteiger partial charge is 0.389 e. The number of sulfonamides is 1. The Morgan fingerprint density at radius 2 is 2.15 bits per heavy atom. The van der Waals surface area contributed by atoms with Crippen molar-refractivity contribution in [2.75, 3.05) is 12.0 Å². The van der Waals surface area contributed by atoms with Crippen molar-refractivity contribution >= 4 is 39.0 Å². The molecule has 0 saturated carbocycles. The fourth-order valence-corrected chi connectivity index (χ4v) is 4.26. The Kier molecular flexibility index (Phi) is 6.44. The molecule has 0 saturated heterocycles. The molecule has 0 aliphatic heterocycles. The van der Waals surface area contributed by atoms with Crippen LogP contribution in [0.3, 0.4) is 0 Å². The van der Waals surface area contributed by atoms with Crippen molar-refractivity contribution in [3.63, 3.8) is 0 Å². The average Bonchev–Trinajstić information content (AvgIpc) is 2.37. The summed E-state index contributed by atoms with van der Waals surface area (Å²) in [5.74, 6) is 0.750. The molecule has 1 rings (SSSR count). The highest BCUT2D eigenvalue weighted by atomic mass is 32.2. The van der Waals surface area contributed by atoms with Gasteiger partial charge < -0.3 is 5.73 Å². The van der Waals surface area contributed by atoms with Gasteiger partial charge in [0.05, 0.1) is 4.90 Å². The summed E-state index contributed by atoms with van der Waals surface area (Å²) in [5, 5.41) is 0. The molecule has 0 aromatic heterocycles. The van der Waals surface area contributed by atoms with Crippen molar-refractivity contribution in [3.8, 4) is 0 Å². The van der Waals surface area contributed by atoms with E-state index in [4.69, 9.17) is 18.0 Å². The van der Waals surface area contributed by atoms with Crippen LogP contribution in [0.1, 0.15) is 24.5 Å². The van der Waals surface area contributed by atoms with Crippen molar-refractivity contribution in [3.05, 3.63) is 29.3 Å². The van der Waals surface area contributed by atoms with Crippen LogP contribution >= 0.6 is 24.0 Å². The molecule has 0 fully saturated rings. The third-order valence-corrected chi connectivity index (χ3v) is 5.43. The summed E-state index contributed by atoms with van der Waals surface area (Å²) in [4.78, 5) is 0.516. The number of aryl methyl sites for hydroxylation is 1. The second-order valence-corrected chi connectivity index (χ2v) is 7.59. The van der Waals surface area contributed by atoms with Gasteiger partial charge in [-0.2, -0.15) is 11.8 Å². The number of hydrogen-bond donors (Lipinski definition) is 2. The van der Waals surface area contributed by atoms with Crippen LogP contribution in [0.25, 0.3) is 0 Å². The highest BCUT2D eigenvalue weighted by Crippen LogP contribution is 2.16. The van der Waals surface area contributed by atoms with Crippen molar-refractivity contribution in [2.24, 2.45) is 5.73 Å². The number of rotatable bonds is 7. The zero-order chi connectivity index (χ0) is 15.3. The first-order valence-corrected chi connectivity index (χ1v) is 9.52. The zero-order valence-corrected chi connectivity index (χ0v) is 14.3. The van der Waals surface area contributed by atoms with Gasteiger partial charge in [0, 0.05) is 17.4 Å². The predicted octanol–water partition coefficient (Wildman–Crippen LogP) is 2.05. The lowest BCUT2D eigenvalue weighted by Gasteiger charge is -2.16. The normalized spacial score (nSPS) is 13.2. The molecule has 4 nitrogen and oxygen atoms in total. The second kappa shape index (κ2) is 7.40. The number of thioether (sulfide) groups is 1. The topological polar surface area (TPSA) is 72.2 Å². The standard InChI is InChI=1S/C13H20N2O2S3/c1-4-10(8-19-3)15-20(16,17)11-5-6-12(13(14)18)9(2)7-11/h5-7,10,15H,4,8H2,1-3H3,(H2,14,18). The van der Waals surface area contributed by atoms with E-state index in [1.54, 1.807) is 30.8 Å². The van der Waals surface area contributed by atoms with E-state index in [2.05, 4.69) is 4.72 Å². The van der Waals surface area contributed by atoms with E-state index in [0.29, 0.717) is 5.56 Å². The zero-order valence-electron chi connectivity index (χ0n) is 11.8. The first-order valence-electron chi connectivity index (χ1n) is 6.23. The maximum Gasteiger partial charge on any atom is 0.240 e. The number of thiocarbonyl (C=S) groups is 1. The first kappa shape index (κ1) is 17.4. The summed E-state index contributed by atoms with van der Waals surface area (Å²) in [6.07, 6.45) is 2.71. The third kappa shape index (κ3) is 4.44. The van der Waals surface area contributed by atoms with Crippen molar-refractivity contribution < 1.29 is 8.42 Å². The third-order valence-electron chi connectivity index (χ3n) is 2.96. The Bertz CT molecular complexity index is 585. The van der Waals surface area contributed by atoms with E-state index in [0.717, 1.165) is 17.7 Å². The number of nitrogens with one attached hydrogen (secondary N) is 1. The predicted molar refractivity (Wildman–Crippen MR) is 89.8 cm³/mol. The van der Waals surface area contributed by atoms with Gasteiger partial charge in [-0.1, -0.05) is 25.2 Å². The highest BCUT2D eigenvalue weighted by molar-refractivity contribution is 7.98. The molecule has 0 radical (unpaired) electrons. The van der Waals surface area contributed by atoms with E-state index in [-0.39, 0.29) is 15.9 Å². The van der Waals surface area contributed by atoms with Gasteiger partial charge in [-0.15, -0.1) is 0 Å². The van der Waals surface area contributed by atoms with Crippen LogP contribution in [0.4, 0.5) is 0 Å². The maximum absolute atomic E-state index is 12.3. The second-order valence-electron chi connectivity index (χ2n) is 4.52. The summed E-state index contributed by atoms with van der Waals surface area (Å²) in [6, 6.07) is 4.73. The van der Waals surface area contributed by atoms with E-state index in [1.165, 1.54) is 6.07 Å². The SMILES string of the molecule is CCC(CSC)NS(=O)(=O)c1ccc(C(N)=S)c(C)c1. The van der Waals surface area contributed by atoms with Gasteiger partial charge in [0.25, 0.3) is 0 Å². The molecule has 0 aliphatic carbocycles. The summed E-state index contributed by atoms with van der Waals surface area (Å²) in [5.41, 5.74) is 7.05. The molecule has 112 valence electrons. The van der Waals surface area contributed by atoms with Crippen LogP contribution < -0.4 is 10.5 Å². The van der Waals surface area contributed by atoms with Crippen LogP contribution in [-0.4, -0.2) is 31.5 Å². The van der Waals surface area contributed by atoms with Gasteiger partial charge in [0.15, 0.2) is 0 Å². The molecule has 0 heterocycles. The van der Waals surface area contributed by atoms with Gasteiger partial charge in [-0.3, -0.25) is 0 Å². The Labute approximate surface area is 130 Å². The number of hydrogen-bond acceptors (Lipinski definition) is 4. The minimum absolute atomic E-state index is 0.0643. The molecule has 0 bridgehead atoms. The van der Waals surface area contributed by atoms with Crippen molar-refractivity contribution in [1.82, 2.24) is 4.72 Å². The van der Waals surface area contributed by atoms with Gasteiger partial charge >= 0.3 is 0 Å². The smallest absolute Gasteiger partial charge is 0.240 e. The highest BCUT2D eigenvalue weighted by Gasteiger charge is 2.19. The van der Waals surface area contributed by atoms with Crippen LogP contribution in [0.2, 0.25) is 0 Å². The number of nitrogens with two attached hydrogens (primary N) is 1. The molecular weight excluding hydrogens is 312 g/mol. The Morgan fingerprint density at radius 3 is 2.60 bits per heavy atom. The summed E-state index contributed by atoms with van der Waals surface area (Å²) >= 11 is 6.54. The van der Waals surface area contributed by atoms with Crippen molar-refractivity contribution in [2.45, 2.75) is 31.2 Å². The molecule has 1 unspecified atom stereocenters. The van der Waals surface area contributed by atoms with Crippen LogP contribution in [-0.2, 0) is 10.0 Å². The van der Waals surface area contributed by atoms with Gasteiger partial charge in [-0.25, -0.2) is 13.1 Å². The van der Waals surface area contributed by atoms with Crippen LogP contribution in [0.5, 0.6) is 0 Å². The van der Waals surface area contributed by atoms with E-state index >= 15 is 0 Å². The molecular formula is C13H20N2O2S3. The quantitative estimate of drug-likeness (QED) is 0.748. The fraction of sp³-hybridized carbons (Fsp3) is 0.462. The molecule has 0 spiro atoms. The van der Waals surface area contributed by atoms with Crippen molar-refractivity contribution in [1.29, 1.82) is 0 Å². The van der Waals surface area contributed by atoms with Crippen LogP contribution in [0.15, 0.2) is 23.1 Å². The van der Waals surface area contributed by atoms with Crippen LogP contribution in [0, 0.1) is 6.92 Å². The monoisotopic (exact) mass is 332 g/mol. The van der Waals surface area contributed by atoms with E-state index in [1.807, 2.05) is 13.2 Å². The van der Waals surface area contributed by atoms with E-state index < -0.39 is 10.0 Å². The minimum Gasteiger partial charge on any atom is -0.389 e. The molecule has 1 aromatic carbocycles. The summed E-state index contributed by atoms with van der Waals surface area (Å²) in [7, 11) is -3.51. The van der Waals surface area contributed by atoms with Gasteiger partial charge in [0.1, 0.15) is 4.99 Å². The Morgan fingerprint density at radius 1 is 1.50 bits per heavy atom. The van der Waals surface area contributed by atoms with Gasteiger partial charge in [0.2, 0.25) is 10.0 Å². The molecule has 7 heteroatoms. The average molecular weight is 333 g/mol. The fourth-order valence-electron chi connectivity index (χ4n) is 1.80. The molecule has 20 heavy (non-hydrogen) atoms. The lowest BCUT2D eigenvalue weighted by molar-refractivity contribution is 0.558. The molecule has 0 amide bonds. The van der Waals surface area contributed by atoms with Gasteiger partial charge in [-0.05, 0) is 37.3 Å². The Hall–Kier alpha value is -0.630. The summed E-state index contributed by atoms with van der Waals surface area (Å²) in [6.45, 7) is 3.76. The summed E-state index contributed by atoms with van der Waals surface area (Å²) < 4.78 is 27.4. The molecule has 3 N–H and O–H groups in total. The molecule has 0 aliphatic rings. The lowest BCUT2D eigenvalue weighted by atomic mass is 10.1. The van der Waals surface area contributed by atoms with E-state index in [9.17, 15) is 8.42 Å². The maximum atomic E-state index is 12.3. The first-order chi connectivity index (χ1) is 9.31. The Balaban J connectivity index is 3.04.